The minimum atomic E-state index is -4.56. The van der Waals surface area contributed by atoms with E-state index in [1.165, 1.54) is 12.0 Å². The number of carboxylic acid groups (broad SMARTS) is 1. The number of aliphatic carboxylic acids is 1. The molecule has 3 rings (SSSR count). The van der Waals surface area contributed by atoms with Gasteiger partial charge in [-0.1, -0.05) is 0 Å². The SMILES string of the molecule is COC(=O)N1CC[C@H](C(=O)O)C[C@H]1CN1CCn2c(nnc2C(F)(F)F)C1. The molecule has 2 aliphatic heterocycles. The number of alkyl halides is 3. The minimum absolute atomic E-state index is 0.0739. The fourth-order valence-corrected chi connectivity index (χ4v) is 3.68. The summed E-state index contributed by atoms with van der Waals surface area (Å²) in [5.74, 6) is -2.31. The van der Waals surface area contributed by atoms with Gasteiger partial charge >= 0.3 is 18.2 Å². The summed E-state index contributed by atoms with van der Waals surface area (Å²) >= 11 is 0. The van der Waals surface area contributed by atoms with Gasteiger partial charge in [0, 0.05) is 32.2 Å². The molecule has 0 aromatic carbocycles. The summed E-state index contributed by atoms with van der Waals surface area (Å²) in [5.41, 5.74) is 0. The summed E-state index contributed by atoms with van der Waals surface area (Å²) in [4.78, 5) is 26.7. The van der Waals surface area contributed by atoms with Crippen LogP contribution in [0.15, 0.2) is 0 Å². The molecule has 1 aromatic rings. The Labute approximate surface area is 152 Å². The molecular formula is C15H20F3N5O4. The molecular weight excluding hydrogens is 371 g/mol. The van der Waals surface area contributed by atoms with Gasteiger partial charge in [-0.05, 0) is 12.8 Å². The van der Waals surface area contributed by atoms with Gasteiger partial charge in [0.2, 0.25) is 5.82 Å². The van der Waals surface area contributed by atoms with Gasteiger partial charge in [0.25, 0.3) is 0 Å². The van der Waals surface area contributed by atoms with Crippen LogP contribution in [0.5, 0.6) is 0 Å². The van der Waals surface area contributed by atoms with Crippen molar-refractivity contribution in [2.75, 3.05) is 26.7 Å². The normalized spacial score (nSPS) is 23.8. The van der Waals surface area contributed by atoms with E-state index in [1.54, 1.807) is 0 Å². The molecule has 1 saturated heterocycles. The molecule has 2 aliphatic rings. The Bertz CT molecular complexity index is 723. The first kappa shape index (κ1) is 19.4. The number of amides is 1. The van der Waals surface area contributed by atoms with E-state index < -0.39 is 36.0 Å². The maximum absolute atomic E-state index is 12.9. The highest BCUT2D eigenvalue weighted by atomic mass is 19.4. The third-order valence-corrected chi connectivity index (χ3v) is 5.03. The molecule has 1 aromatic heterocycles. The van der Waals surface area contributed by atoms with Gasteiger partial charge in [0.15, 0.2) is 0 Å². The highest BCUT2D eigenvalue weighted by molar-refractivity contribution is 5.72. The molecule has 0 unspecified atom stereocenters. The zero-order valence-corrected chi connectivity index (χ0v) is 14.6. The minimum Gasteiger partial charge on any atom is -0.481 e. The van der Waals surface area contributed by atoms with Crippen molar-refractivity contribution in [3.05, 3.63) is 11.6 Å². The number of carbonyl (C=O) groups is 2. The number of rotatable bonds is 3. The smallest absolute Gasteiger partial charge is 0.451 e. The molecule has 1 amide bonds. The lowest BCUT2D eigenvalue weighted by molar-refractivity contribution is -0.148. The maximum Gasteiger partial charge on any atom is 0.451 e. The van der Waals surface area contributed by atoms with Crippen molar-refractivity contribution < 1.29 is 32.6 Å². The number of fused-ring (bicyclic) bond motifs is 1. The second kappa shape index (κ2) is 7.33. The first-order valence-electron chi connectivity index (χ1n) is 8.49. The number of ether oxygens (including phenoxy) is 1. The number of likely N-dealkylation sites (tertiary alicyclic amines) is 1. The van der Waals surface area contributed by atoms with Gasteiger partial charge in [0.05, 0.1) is 19.6 Å². The second-order valence-electron chi connectivity index (χ2n) is 6.70. The van der Waals surface area contributed by atoms with Crippen molar-refractivity contribution in [3.8, 4) is 0 Å². The number of piperidine rings is 1. The number of hydrogen-bond donors (Lipinski definition) is 1. The van der Waals surface area contributed by atoms with E-state index in [1.807, 2.05) is 4.90 Å². The molecule has 1 N–H and O–H groups in total. The average molecular weight is 391 g/mol. The number of nitrogens with zero attached hydrogens (tertiary/aromatic N) is 5. The number of carbonyl (C=O) groups excluding carboxylic acids is 1. The topological polar surface area (TPSA) is 101 Å². The number of halogens is 3. The third-order valence-electron chi connectivity index (χ3n) is 5.03. The number of hydrogen-bond acceptors (Lipinski definition) is 6. The summed E-state index contributed by atoms with van der Waals surface area (Å²) in [7, 11) is 1.25. The quantitative estimate of drug-likeness (QED) is 0.822. The Kier molecular flexibility index (Phi) is 5.27. The number of methoxy groups -OCH3 is 1. The Morgan fingerprint density at radius 3 is 2.63 bits per heavy atom. The summed E-state index contributed by atoms with van der Waals surface area (Å²) in [6.45, 7) is 1.12. The van der Waals surface area contributed by atoms with Crippen LogP contribution in [0.1, 0.15) is 24.5 Å². The molecule has 12 heteroatoms. The fraction of sp³-hybridized carbons (Fsp3) is 0.733. The third kappa shape index (κ3) is 3.99. The van der Waals surface area contributed by atoms with E-state index in [9.17, 15) is 27.9 Å². The largest absolute Gasteiger partial charge is 0.481 e. The van der Waals surface area contributed by atoms with E-state index in [-0.39, 0.29) is 31.9 Å². The van der Waals surface area contributed by atoms with E-state index >= 15 is 0 Å². The molecule has 3 heterocycles. The summed E-state index contributed by atoms with van der Waals surface area (Å²) in [6.07, 6.45) is -4.50. The lowest BCUT2D eigenvalue weighted by atomic mass is 9.90. The predicted octanol–water partition coefficient (Wildman–Crippen LogP) is 1.04. The van der Waals surface area contributed by atoms with Crippen molar-refractivity contribution >= 4 is 12.1 Å². The van der Waals surface area contributed by atoms with E-state index in [0.717, 1.165) is 4.57 Å². The van der Waals surface area contributed by atoms with Crippen LogP contribution < -0.4 is 0 Å². The highest BCUT2D eigenvalue weighted by Gasteiger charge is 2.41. The monoisotopic (exact) mass is 391 g/mol. The summed E-state index contributed by atoms with van der Waals surface area (Å²) in [5, 5.41) is 16.1. The van der Waals surface area contributed by atoms with Crippen LogP contribution >= 0.6 is 0 Å². The molecule has 9 nitrogen and oxygen atoms in total. The van der Waals surface area contributed by atoms with Crippen molar-refractivity contribution in [2.24, 2.45) is 5.92 Å². The van der Waals surface area contributed by atoms with Gasteiger partial charge < -0.3 is 19.3 Å². The Morgan fingerprint density at radius 2 is 2.00 bits per heavy atom. The van der Waals surface area contributed by atoms with Crippen LogP contribution in [-0.4, -0.2) is 74.5 Å². The van der Waals surface area contributed by atoms with Crippen LogP contribution in [0.4, 0.5) is 18.0 Å². The van der Waals surface area contributed by atoms with E-state index in [0.29, 0.717) is 19.5 Å². The molecule has 0 spiro atoms. The predicted molar refractivity (Wildman–Crippen MR) is 83.6 cm³/mol. The van der Waals surface area contributed by atoms with Crippen molar-refractivity contribution in [1.82, 2.24) is 24.6 Å². The number of aromatic nitrogens is 3. The first-order chi connectivity index (χ1) is 12.7. The maximum atomic E-state index is 12.9. The number of carboxylic acids is 1. The van der Waals surface area contributed by atoms with Crippen LogP contribution in [0.3, 0.4) is 0 Å². The van der Waals surface area contributed by atoms with Crippen LogP contribution in [0.25, 0.3) is 0 Å². The Morgan fingerprint density at radius 1 is 1.26 bits per heavy atom. The Balaban J connectivity index is 1.72. The molecule has 1 fully saturated rings. The molecule has 0 bridgehead atoms. The van der Waals surface area contributed by atoms with Crippen LogP contribution in [-0.2, 0) is 28.8 Å². The van der Waals surface area contributed by atoms with E-state index in [2.05, 4.69) is 10.2 Å². The van der Waals surface area contributed by atoms with Crippen molar-refractivity contribution in [3.63, 3.8) is 0 Å². The summed E-state index contributed by atoms with van der Waals surface area (Å²) in [6, 6.07) is -0.399. The molecule has 150 valence electrons. The molecule has 0 aliphatic carbocycles. The Hall–Kier alpha value is -2.37. The highest BCUT2D eigenvalue weighted by Crippen LogP contribution is 2.30. The molecule has 0 saturated carbocycles. The van der Waals surface area contributed by atoms with E-state index in [4.69, 9.17) is 4.74 Å². The average Bonchev–Trinajstić information content (AvgIpc) is 3.04. The van der Waals surface area contributed by atoms with Gasteiger partial charge in [-0.25, -0.2) is 4.79 Å². The van der Waals surface area contributed by atoms with Gasteiger partial charge in [-0.2, -0.15) is 13.2 Å². The van der Waals surface area contributed by atoms with Crippen molar-refractivity contribution in [1.29, 1.82) is 0 Å². The standard InChI is InChI=1S/C15H20F3N5O4/c1-27-14(26)22-3-2-9(12(24)25)6-10(22)7-21-4-5-23-11(8-21)19-20-13(23)15(16,17)18/h9-10H,2-8H2,1H3,(H,24,25)/t9-,10-/m0/s1. The summed E-state index contributed by atoms with van der Waals surface area (Å²) < 4.78 is 44.6. The molecule has 0 radical (unpaired) electrons. The van der Waals surface area contributed by atoms with Crippen LogP contribution in [0, 0.1) is 5.92 Å². The lowest BCUT2D eigenvalue weighted by Crippen LogP contribution is -2.53. The zero-order valence-electron chi connectivity index (χ0n) is 14.6. The lowest BCUT2D eigenvalue weighted by Gasteiger charge is -2.40. The van der Waals surface area contributed by atoms with Crippen LogP contribution in [0.2, 0.25) is 0 Å². The molecule has 2 atom stereocenters. The second-order valence-corrected chi connectivity index (χ2v) is 6.70. The molecule has 27 heavy (non-hydrogen) atoms. The van der Waals surface area contributed by atoms with Gasteiger partial charge in [-0.3, -0.25) is 9.69 Å². The van der Waals surface area contributed by atoms with Crippen molar-refractivity contribution in [2.45, 2.75) is 38.1 Å². The van der Waals surface area contributed by atoms with Gasteiger partial charge in [-0.15, -0.1) is 10.2 Å². The first-order valence-corrected chi connectivity index (χ1v) is 8.49. The van der Waals surface area contributed by atoms with Gasteiger partial charge in [0.1, 0.15) is 5.82 Å². The fourth-order valence-electron chi connectivity index (χ4n) is 3.68. The zero-order chi connectivity index (χ0) is 19.8.